The molecular weight excluding hydrogens is 422 g/mol. The van der Waals surface area contributed by atoms with Crippen molar-refractivity contribution in [3.8, 4) is 5.75 Å². The molecule has 0 radical (unpaired) electrons. The first-order chi connectivity index (χ1) is 15.4. The average molecular weight is 452 g/mol. The maximum atomic E-state index is 13.3. The van der Waals surface area contributed by atoms with E-state index in [1.54, 1.807) is 13.0 Å². The molecule has 168 valence electrons. The van der Waals surface area contributed by atoms with Gasteiger partial charge in [0.15, 0.2) is 0 Å². The number of thiol groups is 1. The number of carbonyl (C=O) groups excluding carboxylic acids is 1. The van der Waals surface area contributed by atoms with Crippen LogP contribution >= 0.6 is 12.6 Å². The van der Waals surface area contributed by atoms with Gasteiger partial charge in [0.2, 0.25) is 0 Å². The number of fused-ring (bicyclic) bond motifs is 1. The zero-order chi connectivity index (χ0) is 23.1. The molecule has 1 amide bonds. The van der Waals surface area contributed by atoms with E-state index in [2.05, 4.69) is 17.9 Å². The van der Waals surface area contributed by atoms with E-state index in [9.17, 15) is 14.7 Å². The summed E-state index contributed by atoms with van der Waals surface area (Å²) in [7, 11) is 0. The highest BCUT2D eigenvalue weighted by Gasteiger charge is 2.38. The van der Waals surface area contributed by atoms with Crippen LogP contribution in [0.2, 0.25) is 0 Å². The van der Waals surface area contributed by atoms with Crippen LogP contribution in [0.4, 0.5) is 0 Å². The Kier molecular flexibility index (Phi) is 7.80. The van der Waals surface area contributed by atoms with Crippen molar-refractivity contribution in [3.05, 3.63) is 71.8 Å². The number of ether oxygens (including phenoxy) is 1. The van der Waals surface area contributed by atoms with E-state index >= 15 is 0 Å². The highest BCUT2D eigenvalue weighted by atomic mass is 32.1. The van der Waals surface area contributed by atoms with Crippen molar-refractivity contribution in [2.75, 3.05) is 0 Å². The van der Waals surface area contributed by atoms with Crippen LogP contribution in [0, 0.1) is 0 Å². The van der Waals surface area contributed by atoms with E-state index in [-0.39, 0.29) is 6.61 Å². The highest BCUT2D eigenvalue weighted by molar-refractivity contribution is 7.80. The molecule has 3 aromatic rings. The van der Waals surface area contributed by atoms with Gasteiger partial charge in [0.05, 0.1) is 5.56 Å². The standard InChI is InChI=1S/C26H29NO4S/c1-3-5-16-26(4-2,25(29)30)27-24(28)22-15-12-19-8-6-7-9-21(19)23(22)31-17-18-10-13-20(32)14-11-18/h6-15,32H,3-5,16-17H2,1-2H3,(H,27,28)(H,29,30). The molecule has 2 N–H and O–H groups in total. The normalized spacial score (nSPS) is 12.8. The molecule has 5 nitrogen and oxygen atoms in total. The van der Waals surface area contributed by atoms with Gasteiger partial charge < -0.3 is 15.2 Å². The molecule has 0 heterocycles. The van der Waals surface area contributed by atoms with Crippen molar-refractivity contribution >= 4 is 35.3 Å². The number of amides is 1. The van der Waals surface area contributed by atoms with Gasteiger partial charge in [0.25, 0.3) is 5.91 Å². The number of unbranched alkanes of at least 4 members (excludes halogenated alkanes) is 1. The third-order valence-electron chi connectivity index (χ3n) is 5.77. The zero-order valence-electron chi connectivity index (χ0n) is 18.4. The minimum absolute atomic E-state index is 0.274. The third-order valence-corrected chi connectivity index (χ3v) is 6.06. The Morgan fingerprint density at radius 3 is 2.41 bits per heavy atom. The molecule has 3 rings (SSSR count). The predicted molar refractivity (Wildman–Crippen MR) is 130 cm³/mol. The maximum absolute atomic E-state index is 13.3. The molecule has 0 aliphatic rings. The Bertz CT molecular complexity index is 1100. The second kappa shape index (κ2) is 10.6. The summed E-state index contributed by atoms with van der Waals surface area (Å²) in [6.45, 7) is 4.06. The minimum atomic E-state index is -1.31. The van der Waals surface area contributed by atoms with Crippen LogP contribution in [0.1, 0.15) is 55.5 Å². The van der Waals surface area contributed by atoms with Gasteiger partial charge in [0.1, 0.15) is 17.9 Å². The molecule has 32 heavy (non-hydrogen) atoms. The molecular formula is C26H29NO4S. The zero-order valence-corrected chi connectivity index (χ0v) is 19.3. The Hall–Kier alpha value is -2.99. The second-order valence-corrected chi connectivity index (χ2v) is 8.43. The van der Waals surface area contributed by atoms with Gasteiger partial charge in [-0.3, -0.25) is 4.79 Å². The van der Waals surface area contributed by atoms with Crippen molar-refractivity contribution in [1.82, 2.24) is 5.32 Å². The van der Waals surface area contributed by atoms with Gasteiger partial charge in [-0.15, -0.1) is 12.6 Å². The maximum Gasteiger partial charge on any atom is 0.329 e. The molecule has 0 bridgehead atoms. The highest BCUT2D eigenvalue weighted by Crippen LogP contribution is 2.32. The van der Waals surface area contributed by atoms with Gasteiger partial charge in [-0.05, 0) is 42.0 Å². The molecule has 3 aromatic carbocycles. The SMILES string of the molecule is CCCCC(CC)(NC(=O)c1ccc2ccccc2c1OCc1ccc(S)cc1)C(=O)O. The van der Waals surface area contributed by atoms with Crippen molar-refractivity contribution in [3.63, 3.8) is 0 Å². The van der Waals surface area contributed by atoms with Crippen LogP contribution in [0.25, 0.3) is 10.8 Å². The smallest absolute Gasteiger partial charge is 0.329 e. The Morgan fingerprint density at radius 1 is 1.03 bits per heavy atom. The van der Waals surface area contributed by atoms with Crippen molar-refractivity contribution < 1.29 is 19.4 Å². The van der Waals surface area contributed by atoms with Crippen LogP contribution in [0.5, 0.6) is 5.75 Å². The number of nitrogens with one attached hydrogen (secondary N) is 1. The van der Waals surface area contributed by atoms with Crippen LogP contribution in [-0.4, -0.2) is 22.5 Å². The number of rotatable bonds is 10. The molecule has 1 atom stereocenters. The lowest BCUT2D eigenvalue weighted by Gasteiger charge is -2.30. The molecule has 0 aromatic heterocycles. The van der Waals surface area contributed by atoms with Crippen LogP contribution in [0.15, 0.2) is 65.6 Å². The van der Waals surface area contributed by atoms with E-state index in [1.807, 2.05) is 61.5 Å². The first kappa shape index (κ1) is 23.7. The predicted octanol–water partition coefficient (Wildman–Crippen LogP) is 5.86. The quantitative estimate of drug-likeness (QED) is 0.338. The van der Waals surface area contributed by atoms with E-state index in [0.717, 1.165) is 27.7 Å². The van der Waals surface area contributed by atoms with Gasteiger partial charge in [-0.25, -0.2) is 4.79 Å². The average Bonchev–Trinajstić information content (AvgIpc) is 2.80. The van der Waals surface area contributed by atoms with E-state index in [4.69, 9.17) is 4.74 Å². The summed E-state index contributed by atoms with van der Waals surface area (Å²) >= 11 is 4.31. The van der Waals surface area contributed by atoms with Crippen LogP contribution < -0.4 is 10.1 Å². The van der Waals surface area contributed by atoms with Crippen LogP contribution in [0.3, 0.4) is 0 Å². The van der Waals surface area contributed by atoms with Gasteiger partial charge >= 0.3 is 5.97 Å². The topological polar surface area (TPSA) is 75.6 Å². The van der Waals surface area contributed by atoms with Crippen molar-refractivity contribution in [2.45, 2.75) is 56.6 Å². The lowest BCUT2D eigenvalue weighted by Crippen LogP contribution is -2.54. The first-order valence-corrected chi connectivity index (χ1v) is 11.3. The van der Waals surface area contributed by atoms with E-state index in [0.29, 0.717) is 30.6 Å². The number of carbonyl (C=O) groups is 2. The summed E-state index contributed by atoms with van der Waals surface area (Å²) in [6, 6.07) is 18.8. The van der Waals surface area contributed by atoms with E-state index in [1.165, 1.54) is 0 Å². The summed E-state index contributed by atoms with van der Waals surface area (Å²) < 4.78 is 6.15. The molecule has 0 fully saturated rings. The number of hydrogen-bond donors (Lipinski definition) is 3. The fourth-order valence-electron chi connectivity index (χ4n) is 3.73. The number of carboxylic acid groups (broad SMARTS) is 1. The van der Waals surface area contributed by atoms with Crippen molar-refractivity contribution in [2.24, 2.45) is 0 Å². The van der Waals surface area contributed by atoms with Gasteiger partial charge in [0, 0.05) is 10.3 Å². The monoisotopic (exact) mass is 451 g/mol. The number of benzene rings is 3. The van der Waals surface area contributed by atoms with Crippen molar-refractivity contribution in [1.29, 1.82) is 0 Å². The lowest BCUT2D eigenvalue weighted by molar-refractivity contribution is -0.145. The molecule has 0 aliphatic heterocycles. The summed E-state index contributed by atoms with van der Waals surface area (Å²) in [5.74, 6) is -1.02. The largest absolute Gasteiger partial charge is 0.487 e. The molecule has 1 unspecified atom stereocenters. The third kappa shape index (κ3) is 5.25. The lowest BCUT2D eigenvalue weighted by atomic mass is 9.89. The summed E-state index contributed by atoms with van der Waals surface area (Å²) in [4.78, 5) is 26.3. The number of carboxylic acids is 1. The Morgan fingerprint density at radius 2 is 1.75 bits per heavy atom. The first-order valence-electron chi connectivity index (χ1n) is 10.9. The number of aliphatic carboxylic acids is 1. The molecule has 0 aliphatic carbocycles. The summed E-state index contributed by atoms with van der Waals surface area (Å²) in [5, 5.41) is 14.5. The second-order valence-electron chi connectivity index (χ2n) is 7.92. The van der Waals surface area contributed by atoms with E-state index < -0.39 is 17.4 Å². The Balaban J connectivity index is 1.97. The summed E-state index contributed by atoms with van der Waals surface area (Å²) in [6.07, 6.45) is 2.23. The van der Waals surface area contributed by atoms with Gasteiger partial charge in [-0.1, -0.05) is 69.2 Å². The molecule has 0 spiro atoms. The molecule has 0 saturated carbocycles. The minimum Gasteiger partial charge on any atom is -0.487 e. The summed E-state index contributed by atoms with van der Waals surface area (Å²) in [5.41, 5.74) is -0.0399. The Labute approximate surface area is 194 Å². The van der Waals surface area contributed by atoms with Crippen LogP contribution in [-0.2, 0) is 11.4 Å². The fourth-order valence-corrected chi connectivity index (χ4v) is 3.88. The fraction of sp³-hybridized carbons (Fsp3) is 0.308. The number of hydrogen-bond acceptors (Lipinski definition) is 4. The molecule has 6 heteroatoms. The molecule has 0 saturated heterocycles. The van der Waals surface area contributed by atoms with Gasteiger partial charge in [-0.2, -0.15) is 0 Å².